The lowest BCUT2D eigenvalue weighted by Crippen LogP contribution is -2.32. The summed E-state index contributed by atoms with van der Waals surface area (Å²) in [4.78, 5) is 12.3. The predicted molar refractivity (Wildman–Crippen MR) is 79.9 cm³/mol. The number of para-hydroxylation sites is 1. The van der Waals surface area contributed by atoms with Crippen molar-refractivity contribution in [3.05, 3.63) is 58.6 Å². The van der Waals surface area contributed by atoms with Crippen molar-refractivity contribution in [3.63, 3.8) is 0 Å². The van der Waals surface area contributed by atoms with E-state index in [0.717, 1.165) is 11.3 Å². The molecule has 2 aromatic rings. The third kappa shape index (κ3) is 2.81. The van der Waals surface area contributed by atoms with Crippen molar-refractivity contribution in [3.8, 4) is 11.5 Å². The average Bonchev–Trinajstić information content (AvgIpc) is 2.47. The molecule has 4 nitrogen and oxygen atoms in total. The van der Waals surface area contributed by atoms with Gasteiger partial charge in [-0.3, -0.25) is 4.79 Å². The van der Waals surface area contributed by atoms with Crippen LogP contribution >= 0.6 is 11.6 Å². The summed E-state index contributed by atoms with van der Waals surface area (Å²) in [5, 5.41) is 13.1. The van der Waals surface area contributed by atoms with Crippen LogP contribution in [0.2, 0.25) is 5.02 Å². The van der Waals surface area contributed by atoms with Crippen LogP contribution in [-0.2, 0) is 0 Å². The van der Waals surface area contributed by atoms with E-state index in [1.807, 2.05) is 24.3 Å². The second kappa shape index (κ2) is 5.66. The molecular weight excluding hydrogens is 290 g/mol. The van der Waals surface area contributed by atoms with Crippen LogP contribution in [0.25, 0.3) is 0 Å². The monoisotopic (exact) mass is 303 g/mol. The van der Waals surface area contributed by atoms with Gasteiger partial charge in [0.25, 0.3) is 5.91 Å². The third-order valence-electron chi connectivity index (χ3n) is 3.47. The Morgan fingerprint density at radius 1 is 1.29 bits per heavy atom. The zero-order chi connectivity index (χ0) is 14.8. The fraction of sp³-hybridized carbons (Fsp3) is 0.188. The maximum Gasteiger partial charge on any atom is 0.255 e. The minimum absolute atomic E-state index is 0.125. The van der Waals surface area contributed by atoms with Crippen molar-refractivity contribution in [2.75, 3.05) is 6.61 Å². The molecule has 1 aliphatic heterocycles. The molecular formula is C16H14ClNO3. The summed E-state index contributed by atoms with van der Waals surface area (Å²) in [7, 11) is 0. The van der Waals surface area contributed by atoms with E-state index in [1.54, 1.807) is 6.07 Å². The molecule has 0 saturated heterocycles. The number of ether oxygens (including phenoxy) is 1. The number of aromatic hydroxyl groups is 1. The van der Waals surface area contributed by atoms with Crippen LogP contribution in [-0.4, -0.2) is 17.6 Å². The summed E-state index contributed by atoms with van der Waals surface area (Å²) in [6, 6.07) is 11.9. The van der Waals surface area contributed by atoms with Gasteiger partial charge in [-0.2, -0.15) is 0 Å². The summed E-state index contributed by atoms with van der Waals surface area (Å²) in [6.07, 6.45) is 0.692. The highest BCUT2D eigenvalue weighted by Crippen LogP contribution is 2.32. The second-order valence-corrected chi connectivity index (χ2v) is 5.30. The number of halogens is 1. The molecule has 1 aliphatic rings. The number of fused-ring (bicyclic) bond motifs is 1. The number of carbonyl (C=O) groups is 1. The van der Waals surface area contributed by atoms with Crippen molar-refractivity contribution in [1.29, 1.82) is 0 Å². The lowest BCUT2D eigenvalue weighted by atomic mass is 10.00. The van der Waals surface area contributed by atoms with E-state index in [-0.39, 0.29) is 23.3 Å². The highest BCUT2D eigenvalue weighted by Gasteiger charge is 2.23. The fourth-order valence-corrected chi connectivity index (χ4v) is 2.59. The summed E-state index contributed by atoms with van der Waals surface area (Å²) >= 11 is 5.77. The number of hydrogen-bond acceptors (Lipinski definition) is 3. The Morgan fingerprint density at radius 3 is 2.90 bits per heavy atom. The normalized spacial score (nSPS) is 16.7. The Bertz CT molecular complexity index is 687. The Labute approximate surface area is 127 Å². The van der Waals surface area contributed by atoms with Gasteiger partial charge in [0.2, 0.25) is 0 Å². The smallest absolute Gasteiger partial charge is 0.255 e. The van der Waals surface area contributed by atoms with Crippen LogP contribution in [0.15, 0.2) is 42.5 Å². The van der Waals surface area contributed by atoms with Crippen LogP contribution in [0.3, 0.4) is 0 Å². The average molecular weight is 304 g/mol. The summed E-state index contributed by atoms with van der Waals surface area (Å²) in [5.74, 6) is 0.334. The maximum atomic E-state index is 12.3. The number of nitrogens with one attached hydrogen (secondary N) is 1. The molecule has 1 amide bonds. The number of phenolic OH excluding ortho intramolecular Hbond substituents is 1. The third-order valence-corrected chi connectivity index (χ3v) is 3.70. The summed E-state index contributed by atoms with van der Waals surface area (Å²) < 4.78 is 5.56. The minimum Gasteiger partial charge on any atom is -0.507 e. The lowest BCUT2D eigenvalue weighted by Gasteiger charge is -2.26. The van der Waals surface area contributed by atoms with Gasteiger partial charge < -0.3 is 15.2 Å². The first-order valence-electron chi connectivity index (χ1n) is 6.66. The Kier molecular flexibility index (Phi) is 3.71. The standard InChI is InChI=1S/C16H14ClNO3/c17-10-5-6-12(14(19)9-10)16(20)18-13-7-8-21-15-4-2-1-3-11(13)15/h1-6,9,13,19H,7-8H2,(H,18,20)/t13-/m0/s1. The molecule has 21 heavy (non-hydrogen) atoms. The predicted octanol–water partition coefficient (Wildman–Crippen LogP) is 3.30. The van der Waals surface area contributed by atoms with Gasteiger partial charge in [0.1, 0.15) is 11.5 Å². The molecule has 2 N–H and O–H groups in total. The van der Waals surface area contributed by atoms with Crippen LogP contribution in [0, 0.1) is 0 Å². The molecule has 0 radical (unpaired) electrons. The zero-order valence-electron chi connectivity index (χ0n) is 11.2. The molecule has 0 spiro atoms. The number of benzene rings is 2. The van der Waals surface area contributed by atoms with Gasteiger partial charge in [0.15, 0.2) is 0 Å². The molecule has 3 rings (SSSR count). The Morgan fingerprint density at radius 2 is 2.10 bits per heavy atom. The minimum atomic E-state index is -0.328. The van der Waals surface area contributed by atoms with E-state index in [2.05, 4.69) is 5.32 Å². The van der Waals surface area contributed by atoms with E-state index in [9.17, 15) is 9.90 Å². The highest BCUT2D eigenvalue weighted by atomic mass is 35.5. The molecule has 0 saturated carbocycles. The summed E-state index contributed by atoms with van der Waals surface area (Å²) in [5.41, 5.74) is 1.16. The summed E-state index contributed by atoms with van der Waals surface area (Å²) in [6.45, 7) is 0.550. The van der Waals surface area contributed by atoms with Gasteiger partial charge >= 0.3 is 0 Å². The van der Waals surface area contributed by atoms with E-state index in [0.29, 0.717) is 18.1 Å². The molecule has 2 aromatic carbocycles. The van der Waals surface area contributed by atoms with E-state index < -0.39 is 0 Å². The fourth-order valence-electron chi connectivity index (χ4n) is 2.42. The van der Waals surface area contributed by atoms with E-state index >= 15 is 0 Å². The van der Waals surface area contributed by atoms with E-state index in [1.165, 1.54) is 12.1 Å². The molecule has 1 atom stereocenters. The Hall–Kier alpha value is -2.20. The molecule has 108 valence electrons. The molecule has 0 aliphatic carbocycles. The van der Waals surface area contributed by atoms with Gasteiger partial charge in [0, 0.05) is 17.0 Å². The Balaban J connectivity index is 1.83. The van der Waals surface area contributed by atoms with E-state index in [4.69, 9.17) is 16.3 Å². The number of phenols is 1. The van der Waals surface area contributed by atoms with Gasteiger partial charge in [-0.25, -0.2) is 0 Å². The first kappa shape index (κ1) is 13.8. The van der Waals surface area contributed by atoms with Gasteiger partial charge in [0.05, 0.1) is 18.2 Å². The SMILES string of the molecule is O=C(N[C@H]1CCOc2ccccc21)c1ccc(Cl)cc1O. The quantitative estimate of drug-likeness (QED) is 0.895. The molecule has 5 heteroatoms. The zero-order valence-corrected chi connectivity index (χ0v) is 11.9. The number of rotatable bonds is 2. The van der Waals surface area contributed by atoms with Gasteiger partial charge in [-0.1, -0.05) is 29.8 Å². The van der Waals surface area contributed by atoms with Crippen LogP contribution in [0.5, 0.6) is 11.5 Å². The van der Waals surface area contributed by atoms with Crippen LogP contribution < -0.4 is 10.1 Å². The van der Waals surface area contributed by atoms with Crippen molar-refractivity contribution < 1.29 is 14.6 Å². The van der Waals surface area contributed by atoms with Gasteiger partial charge in [-0.05, 0) is 24.3 Å². The van der Waals surface area contributed by atoms with Crippen molar-refractivity contribution >= 4 is 17.5 Å². The highest BCUT2D eigenvalue weighted by molar-refractivity contribution is 6.30. The van der Waals surface area contributed by atoms with Crippen molar-refractivity contribution in [2.45, 2.75) is 12.5 Å². The molecule has 1 heterocycles. The van der Waals surface area contributed by atoms with Crippen molar-refractivity contribution in [2.24, 2.45) is 0 Å². The second-order valence-electron chi connectivity index (χ2n) is 4.86. The van der Waals surface area contributed by atoms with Crippen LogP contribution in [0.4, 0.5) is 0 Å². The number of carbonyl (C=O) groups excluding carboxylic acids is 1. The first-order valence-corrected chi connectivity index (χ1v) is 7.04. The first-order chi connectivity index (χ1) is 10.1. The topological polar surface area (TPSA) is 58.6 Å². The van der Waals surface area contributed by atoms with Crippen LogP contribution in [0.1, 0.15) is 28.4 Å². The van der Waals surface area contributed by atoms with Crippen molar-refractivity contribution in [1.82, 2.24) is 5.32 Å². The number of amides is 1. The number of hydrogen-bond donors (Lipinski definition) is 2. The molecule has 0 unspecified atom stereocenters. The maximum absolute atomic E-state index is 12.3. The largest absolute Gasteiger partial charge is 0.507 e. The molecule has 0 bridgehead atoms. The van der Waals surface area contributed by atoms with Gasteiger partial charge in [-0.15, -0.1) is 0 Å². The molecule has 0 aromatic heterocycles. The molecule has 0 fully saturated rings. The lowest BCUT2D eigenvalue weighted by molar-refractivity contribution is 0.0922.